The summed E-state index contributed by atoms with van der Waals surface area (Å²) in [5.74, 6) is -0.247. The molecule has 1 aliphatic heterocycles. The van der Waals surface area contributed by atoms with E-state index in [1.165, 1.54) is 11.8 Å². The molecule has 1 aliphatic rings. The fraction of sp³-hybridized carbons (Fsp3) is 0.818. The van der Waals surface area contributed by atoms with Crippen molar-refractivity contribution in [2.75, 3.05) is 6.54 Å². The number of hydrogen-bond acceptors (Lipinski definition) is 4. The molecule has 0 aromatic carbocycles. The summed E-state index contributed by atoms with van der Waals surface area (Å²) in [5.41, 5.74) is 5.59. The number of likely N-dealkylation sites (tertiary alicyclic amines) is 1. The van der Waals surface area contributed by atoms with Crippen LogP contribution in [0.15, 0.2) is 0 Å². The number of aliphatic hydroxyl groups excluding tert-OH is 1. The van der Waals surface area contributed by atoms with Crippen molar-refractivity contribution in [3.05, 3.63) is 0 Å². The van der Waals surface area contributed by atoms with E-state index < -0.39 is 12.1 Å². The average molecular weight is 228 g/mol. The van der Waals surface area contributed by atoms with Gasteiger partial charge in [-0.3, -0.25) is 9.59 Å². The first kappa shape index (κ1) is 13.1. The van der Waals surface area contributed by atoms with E-state index in [4.69, 9.17) is 5.73 Å². The molecule has 1 rings (SSSR count). The van der Waals surface area contributed by atoms with Crippen molar-refractivity contribution in [2.24, 2.45) is 5.73 Å². The van der Waals surface area contributed by atoms with Crippen molar-refractivity contribution in [1.82, 2.24) is 4.90 Å². The van der Waals surface area contributed by atoms with Gasteiger partial charge in [-0.1, -0.05) is 6.92 Å². The van der Waals surface area contributed by atoms with Crippen molar-refractivity contribution in [1.29, 1.82) is 0 Å². The Morgan fingerprint density at radius 2 is 2.19 bits per heavy atom. The third-order valence-corrected chi connectivity index (χ3v) is 3.06. The summed E-state index contributed by atoms with van der Waals surface area (Å²) in [7, 11) is 0. The first-order chi connectivity index (χ1) is 7.49. The highest BCUT2D eigenvalue weighted by atomic mass is 16.3. The second kappa shape index (κ2) is 5.41. The Labute approximate surface area is 95.6 Å². The molecule has 0 saturated carbocycles. The van der Waals surface area contributed by atoms with E-state index in [-0.39, 0.29) is 17.7 Å². The third-order valence-electron chi connectivity index (χ3n) is 3.06. The number of amides is 1. The Kier molecular flexibility index (Phi) is 4.44. The quantitative estimate of drug-likeness (QED) is 0.690. The molecular formula is C11H20N2O3. The highest BCUT2D eigenvalue weighted by molar-refractivity contribution is 5.91. The maximum atomic E-state index is 11.9. The average Bonchev–Trinajstić information content (AvgIpc) is 2.74. The smallest absolute Gasteiger partial charge is 0.242 e. The molecule has 3 atom stereocenters. The van der Waals surface area contributed by atoms with Crippen LogP contribution in [0.1, 0.15) is 33.1 Å². The van der Waals surface area contributed by atoms with Crippen LogP contribution in [0.5, 0.6) is 0 Å². The van der Waals surface area contributed by atoms with Gasteiger partial charge in [0.25, 0.3) is 0 Å². The molecule has 0 spiro atoms. The summed E-state index contributed by atoms with van der Waals surface area (Å²) in [5, 5.41) is 9.28. The lowest BCUT2D eigenvalue weighted by atomic mass is 10.1. The predicted molar refractivity (Wildman–Crippen MR) is 59.7 cm³/mol. The fourth-order valence-corrected chi connectivity index (χ4v) is 2.00. The number of rotatable bonds is 4. The zero-order valence-corrected chi connectivity index (χ0v) is 9.85. The van der Waals surface area contributed by atoms with E-state index in [0.717, 1.165) is 6.42 Å². The summed E-state index contributed by atoms with van der Waals surface area (Å²) in [6.07, 6.45) is 1.09. The number of nitrogens with zero attached hydrogens (tertiary/aromatic N) is 1. The summed E-state index contributed by atoms with van der Waals surface area (Å²) >= 11 is 0. The maximum Gasteiger partial charge on any atom is 0.242 e. The van der Waals surface area contributed by atoms with Gasteiger partial charge in [-0.15, -0.1) is 0 Å². The van der Waals surface area contributed by atoms with Gasteiger partial charge < -0.3 is 15.7 Å². The third kappa shape index (κ3) is 2.59. The lowest BCUT2D eigenvalue weighted by Crippen LogP contribution is -2.52. The van der Waals surface area contributed by atoms with Crippen LogP contribution in [0, 0.1) is 0 Å². The van der Waals surface area contributed by atoms with Crippen LogP contribution in [0.2, 0.25) is 0 Å². The van der Waals surface area contributed by atoms with E-state index >= 15 is 0 Å². The number of ketones is 1. The second-order valence-electron chi connectivity index (χ2n) is 4.28. The van der Waals surface area contributed by atoms with Gasteiger partial charge in [-0.2, -0.15) is 0 Å². The van der Waals surface area contributed by atoms with Gasteiger partial charge in [0, 0.05) is 13.0 Å². The molecule has 3 unspecified atom stereocenters. The lowest BCUT2D eigenvalue weighted by Gasteiger charge is -2.27. The zero-order valence-electron chi connectivity index (χ0n) is 9.85. The van der Waals surface area contributed by atoms with Crippen LogP contribution in [0.4, 0.5) is 0 Å². The Morgan fingerprint density at radius 1 is 1.56 bits per heavy atom. The van der Waals surface area contributed by atoms with E-state index in [0.29, 0.717) is 19.4 Å². The van der Waals surface area contributed by atoms with Gasteiger partial charge in [-0.25, -0.2) is 0 Å². The highest BCUT2D eigenvalue weighted by Crippen LogP contribution is 2.20. The van der Waals surface area contributed by atoms with Gasteiger partial charge in [0.05, 0.1) is 12.1 Å². The van der Waals surface area contributed by atoms with Crippen LogP contribution in [-0.4, -0.2) is 46.4 Å². The molecule has 1 amide bonds. The molecule has 5 nitrogen and oxygen atoms in total. The van der Waals surface area contributed by atoms with Crippen molar-refractivity contribution >= 4 is 11.7 Å². The summed E-state index contributed by atoms with van der Waals surface area (Å²) < 4.78 is 0. The molecule has 5 heteroatoms. The number of nitrogens with two attached hydrogens (primary N) is 1. The van der Waals surface area contributed by atoms with Crippen molar-refractivity contribution in [3.63, 3.8) is 0 Å². The topological polar surface area (TPSA) is 83.6 Å². The SMILES string of the molecule is CCC(=O)C1CCCN1C(=O)C(N)C(C)O. The first-order valence-electron chi connectivity index (χ1n) is 5.75. The minimum atomic E-state index is -0.926. The molecule has 92 valence electrons. The largest absolute Gasteiger partial charge is 0.391 e. The molecule has 0 radical (unpaired) electrons. The lowest BCUT2D eigenvalue weighted by molar-refractivity contribution is -0.140. The number of hydrogen-bond donors (Lipinski definition) is 2. The number of carbonyl (C=O) groups excluding carboxylic acids is 2. The van der Waals surface area contributed by atoms with E-state index in [9.17, 15) is 14.7 Å². The van der Waals surface area contributed by atoms with Crippen molar-refractivity contribution < 1.29 is 14.7 Å². The number of carbonyl (C=O) groups is 2. The van der Waals surface area contributed by atoms with Gasteiger partial charge in [-0.05, 0) is 19.8 Å². The predicted octanol–water partition coefficient (Wildman–Crippen LogP) is -0.335. The van der Waals surface area contributed by atoms with E-state index in [2.05, 4.69) is 0 Å². The molecule has 0 aliphatic carbocycles. The minimum Gasteiger partial charge on any atom is -0.391 e. The maximum absolute atomic E-state index is 11.9. The Hall–Kier alpha value is -0.940. The number of aliphatic hydroxyl groups is 1. The summed E-state index contributed by atoms with van der Waals surface area (Å²) in [4.78, 5) is 25.0. The summed E-state index contributed by atoms with van der Waals surface area (Å²) in [6.45, 7) is 3.84. The van der Waals surface area contributed by atoms with Crippen LogP contribution >= 0.6 is 0 Å². The van der Waals surface area contributed by atoms with Gasteiger partial charge in [0.1, 0.15) is 6.04 Å². The Morgan fingerprint density at radius 3 is 2.69 bits per heavy atom. The van der Waals surface area contributed by atoms with Crippen molar-refractivity contribution in [3.8, 4) is 0 Å². The van der Waals surface area contributed by atoms with Crippen LogP contribution in [0.3, 0.4) is 0 Å². The molecule has 1 saturated heterocycles. The monoisotopic (exact) mass is 228 g/mol. The molecule has 3 N–H and O–H groups in total. The summed E-state index contributed by atoms with van der Waals surface area (Å²) in [6, 6.07) is -1.26. The van der Waals surface area contributed by atoms with Crippen molar-refractivity contribution in [2.45, 2.75) is 51.3 Å². The van der Waals surface area contributed by atoms with Gasteiger partial charge in [0.15, 0.2) is 5.78 Å². The van der Waals surface area contributed by atoms with Crippen LogP contribution in [0.25, 0.3) is 0 Å². The first-order valence-corrected chi connectivity index (χ1v) is 5.75. The molecule has 0 bridgehead atoms. The highest BCUT2D eigenvalue weighted by Gasteiger charge is 2.36. The molecule has 0 aromatic rings. The molecule has 16 heavy (non-hydrogen) atoms. The zero-order chi connectivity index (χ0) is 12.3. The van der Waals surface area contributed by atoms with E-state index in [1.807, 2.05) is 0 Å². The standard InChI is InChI=1S/C11H20N2O3/c1-3-9(15)8-5-4-6-13(8)11(16)10(12)7(2)14/h7-8,10,14H,3-6,12H2,1-2H3. The Balaban J connectivity index is 2.71. The number of Topliss-reactive ketones (excluding diaryl/α,β-unsaturated/α-hetero) is 1. The minimum absolute atomic E-state index is 0.0728. The van der Waals surface area contributed by atoms with E-state index in [1.54, 1.807) is 6.92 Å². The molecule has 0 aromatic heterocycles. The normalized spacial score (nSPS) is 24.2. The molecule has 1 fully saturated rings. The van der Waals surface area contributed by atoms with Crippen LogP contribution in [-0.2, 0) is 9.59 Å². The second-order valence-corrected chi connectivity index (χ2v) is 4.28. The fourth-order valence-electron chi connectivity index (χ4n) is 2.00. The van der Waals surface area contributed by atoms with Gasteiger partial charge >= 0.3 is 0 Å². The molecule has 1 heterocycles. The van der Waals surface area contributed by atoms with Crippen LogP contribution < -0.4 is 5.73 Å². The molecular weight excluding hydrogens is 208 g/mol. The Bertz CT molecular complexity index is 278. The van der Waals surface area contributed by atoms with Gasteiger partial charge in [0.2, 0.25) is 5.91 Å².